The number of phenols is 2. The largest absolute Gasteiger partial charge is 0.508 e. The van der Waals surface area contributed by atoms with E-state index in [9.17, 15) is 10.2 Å². The van der Waals surface area contributed by atoms with Gasteiger partial charge in [0.25, 0.3) is 0 Å². The number of hydrogen-bond acceptors (Lipinski definition) is 4. The van der Waals surface area contributed by atoms with Gasteiger partial charge >= 0.3 is 0 Å². The van der Waals surface area contributed by atoms with E-state index >= 15 is 0 Å². The van der Waals surface area contributed by atoms with Crippen molar-refractivity contribution < 1.29 is 14.9 Å². The summed E-state index contributed by atoms with van der Waals surface area (Å²) in [7, 11) is 1.63. The van der Waals surface area contributed by atoms with E-state index in [2.05, 4.69) is 5.32 Å². The quantitative estimate of drug-likeness (QED) is 0.788. The smallest absolute Gasteiger partial charge is 0.119 e. The summed E-state index contributed by atoms with van der Waals surface area (Å²) in [5, 5.41) is 22.2. The molecule has 0 bridgehead atoms. The Morgan fingerprint density at radius 3 is 2.11 bits per heavy atom. The standard InChI is InChI=1S/C15H17NO3/c1-10(11-7-13(17)9-14(18)8-11)16-12-3-5-15(19-2)6-4-12/h3-10,16-18H,1-2H3. The maximum Gasteiger partial charge on any atom is 0.119 e. The molecule has 0 aromatic heterocycles. The highest BCUT2D eigenvalue weighted by Gasteiger charge is 2.08. The van der Waals surface area contributed by atoms with Crippen LogP contribution in [0.5, 0.6) is 17.2 Å². The van der Waals surface area contributed by atoms with Crippen LogP contribution in [0, 0.1) is 0 Å². The molecule has 4 nitrogen and oxygen atoms in total. The van der Waals surface area contributed by atoms with Gasteiger partial charge in [0.1, 0.15) is 17.2 Å². The lowest BCUT2D eigenvalue weighted by Crippen LogP contribution is -2.06. The summed E-state index contributed by atoms with van der Waals surface area (Å²) >= 11 is 0. The highest BCUT2D eigenvalue weighted by molar-refractivity contribution is 5.49. The molecule has 100 valence electrons. The third kappa shape index (κ3) is 3.31. The van der Waals surface area contributed by atoms with Gasteiger partial charge < -0.3 is 20.3 Å². The molecule has 0 aliphatic rings. The molecule has 2 aromatic rings. The summed E-state index contributed by atoms with van der Waals surface area (Å²) in [5.41, 5.74) is 1.75. The minimum Gasteiger partial charge on any atom is -0.508 e. The first-order valence-corrected chi connectivity index (χ1v) is 6.02. The Morgan fingerprint density at radius 1 is 1.00 bits per heavy atom. The minimum atomic E-state index is -0.0357. The maximum atomic E-state index is 9.47. The van der Waals surface area contributed by atoms with Gasteiger partial charge in [-0.05, 0) is 48.9 Å². The molecule has 4 heteroatoms. The molecule has 19 heavy (non-hydrogen) atoms. The van der Waals surface area contributed by atoms with Crippen molar-refractivity contribution in [2.45, 2.75) is 13.0 Å². The lowest BCUT2D eigenvalue weighted by molar-refractivity contribution is 0.415. The normalized spacial score (nSPS) is 11.9. The van der Waals surface area contributed by atoms with Crippen molar-refractivity contribution in [3.8, 4) is 17.2 Å². The molecule has 0 heterocycles. The van der Waals surface area contributed by atoms with Crippen molar-refractivity contribution >= 4 is 5.69 Å². The van der Waals surface area contributed by atoms with E-state index in [1.807, 2.05) is 31.2 Å². The van der Waals surface area contributed by atoms with Crippen LogP contribution in [0.25, 0.3) is 0 Å². The van der Waals surface area contributed by atoms with Crippen molar-refractivity contribution in [3.63, 3.8) is 0 Å². The first-order valence-electron chi connectivity index (χ1n) is 6.02. The van der Waals surface area contributed by atoms with Crippen LogP contribution in [0.15, 0.2) is 42.5 Å². The highest BCUT2D eigenvalue weighted by atomic mass is 16.5. The van der Waals surface area contributed by atoms with Gasteiger partial charge in [-0.15, -0.1) is 0 Å². The molecule has 0 aliphatic carbocycles. The second-order valence-corrected chi connectivity index (χ2v) is 4.38. The van der Waals surface area contributed by atoms with E-state index < -0.39 is 0 Å². The zero-order valence-corrected chi connectivity index (χ0v) is 10.9. The van der Waals surface area contributed by atoms with Crippen LogP contribution in [-0.4, -0.2) is 17.3 Å². The van der Waals surface area contributed by atoms with Gasteiger partial charge in [0, 0.05) is 17.8 Å². The van der Waals surface area contributed by atoms with Crippen molar-refractivity contribution in [2.24, 2.45) is 0 Å². The van der Waals surface area contributed by atoms with Crippen LogP contribution < -0.4 is 10.1 Å². The number of methoxy groups -OCH3 is 1. The number of anilines is 1. The molecule has 2 rings (SSSR count). The second kappa shape index (κ2) is 5.52. The molecule has 3 N–H and O–H groups in total. The fraction of sp³-hybridized carbons (Fsp3) is 0.200. The first kappa shape index (κ1) is 13.1. The molecule has 2 aromatic carbocycles. The highest BCUT2D eigenvalue weighted by Crippen LogP contribution is 2.27. The third-order valence-electron chi connectivity index (χ3n) is 2.90. The number of aromatic hydroxyl groups is 2. The van der Waals surface area contributed by atoms with Crippen LogP contribution in [0.4, 0.5) is 5.69 Å². The topological polar surface area (TPSA) is 61.7 Å². The molecular weight excluding hydrogens is 242 g/mol. The molecule has 1 unspecified atom stereocenters. The van der Waals surface area contributed by atoms with E-state index in [1.165, 1.54) is 6.07 Å². The van der Waals surface area contributed by atoms with Crippen molar-refractivity contribution in [1.29, 1.82) is 0 Å². The van der Waals surface area contributed by atoms with E-state index in [0.29, 0.717) is 0 Å². The lowest BCUT2D eigenvalue weighted by atomic mass is 10.1. The van der Waals surface area contributed by atoms with Gasteiger partial charge in [-0.1, -0.05) is 0 Å². The van der Waals surface area contributed by atoms with Gasteiger partial charge in [0.2, 0.25) is 0 Å². The van der Waals surface area contributed by atoms with Gasteiger partial charge in [0.15, 0.2) is 0 Å². The Bertz CT molecular complexity index is 532. The average Bonchev–Trinajstić information content (AvgIpc) is 2.38. The fourth-order valence-corrected chi connectivity index (χ4v) is 1.89. The Kier molecular flexibility index (Phi) is 3.80. The zero-order valence-electron chi connectivity index (χ0n) is 10.9. The Labute approximate surface area is 112 Å². The Balaban J connectivity index is 2.13. The molecule has 0 aliphatic heterocycles. The van der Waals surface area contributed by atoms with E-state index in [-0.39, 0.29) is 17.5 Å². The number of hydrogen-bond donors (Lipinski definition) is 3. The third-order valence-corrected chi connectivity index (χ3v) is 2.90. The monoisotopic (exact) mass is 259 g/mol. The van der Waals surface area contributed by atoms with Crippen LogP contribution in [-0.2, 0) is 0 Å². The maximum absolute atomic E-state index is 9.47. The first-order chi connectivity index (χ1) is 9.08. The van der Waals surface area contributed by atoms with Crippen LogP contribution in [0.2, 0.25) is 0 Å². The predicted octanol–water partition coefficient (Wildman–Crippen LogP) is 3.28. The predicted molar refractivity (Wildman–Crippen MR) is 74.8 cm³/mol. The van der Waals surface area contributed by atoms with Crippen LogP contribution in [0.1, 0.15) is 18.5 Å². The molecule has 0 saturated heterocycles. The Hall–Kier alpha value is -2.36. The molecular formula is C15H17NO3. The molecule has 0 amide bonds. The van der Waals surface area contributed by atoms with E-state index in [4.69, 9.17) is 4.74 Å². The molecule has 0 fully saturated rings. The Morgan fingerprint density at radius 2 is 1.58 bits per heavy atom. The number of benzene rings is 2. The van der Waals surface area contributed by atoms with Gasteiger partial charge in [-0.25, -0.2) is 0 Å². The molecule has 0 saturated carbocycles. The summed E-state index contributed by atoms with van der Waals surface area (Å²) in [6, 6.07) is 12.1. The van der Waals surface area contributed by atoms with E-state index in [1.54, 1.807) is 19.2 Å². The van der Waals surface area contributed by atoms with Gasteiger partial charge in [-0.2, -0.15) is 0 Å². The molecule has 0 spiro atoms. The van der Waals surface area contributed by atoms with Crippen molar-refractivity contribution in [2.75, 3.05) is 12.4 Å². The van der Waals surface area contributed by atoms with E-state index in [0.717, 1.165) is 17.0 Å². The molecule has 0 radical (unpaired) electrons. The van der Waals surface area contributed by atoms with Crippen molar-refractivity contribution in [3.05, 3.63) is 48.0 Å². The van der Waals surface area contributed by atoms with Gasteiger partial charge in [-0.3, -0.25) is 0 Å². The second-order valence-electron chi connectivity index (χ2n) is 4.38. The lowest BCUT2D eigenvalue weighted by Gasteiger charge is -2.16. The average molecular weight is 259 g/mol. The summed E-state index contributed by atoms with van der Waals surface area (Å²) < 4.78 is 5.10. The van der Waals surface area contributed by atoms with Gasteiger partial charge in [0.05, 0.1) is 7.11 Å². The van der Waals surface area contributed by atoms with Crippen LogP contribution in [0.3, 0.4) is 0 Å². The zero-order chi connectivity index (χ0) is 13.8. The number of nitrogens with one attached hydrogen (secondary N) is 1. The van der Waals surface area contributed by atoms with Crippen molar-refractivity contribution in [1.82, 2.24) is 0 Å². The number of phenolic OH excluding ortho intramolecular Hbond substituents is 2. The summed E-state index contributed by atoms with van der Waals surface area (Å²) in [6.45, 7) is 1.96. The molecule has 1 atom stereocenters. The SMILES string of the molecule is COc1ccc(NC(C)c2cc(O)cc(O)c2)cc1. The minimum absolute atomic E-state index is 0.0357. The fourth-order valence-electron chi connectivity index (χ4n) is 1.89. The summed E-state index contributed by atoms with van der Waals surface area (Å²) in [5.74, 6) is 0.907. The summed E-state index contributed by atoms with van der Waals surface area (Å²) in [4.78, 5) is 0. The summed E-state index contributed by atoms with van der Waals surface area (Å²) in [6.07, 6.45) is 0. The number of ether oxygens (including phenoxy) is 1. The van der Waals surface area contributed by atoms with Crippen LogP contribution >= 0.6 is 0 Å². The number of rotatable bonds is 4.